The Morgan fingerprint density at radius 1 is 1.14 bits per heavy atom. The van der Waals surface area contributed by atoms with Gasteiger partial charge in [-0.2, -0.15) is 0 Å². The Balaban J connectivity index is 1.48. The first kappa shape index (κ1) is 16.1. The quantitative estimate of drug-likeness (QED) is 0.892. The molecule has 2 atom stereocenters. The number of likely N-dealkylation sites (tertiary alicyclic amines) is 1. The first-order valence-corrected chi connectivity index (χ1v) is 9.47. The van der Waals surface area contributed by atoms with Crippen molar-refractivity contribution in [2.45, 2.75) is 76.5 Å². The SMILES string of the molecule is CC(C)c1nnc(NC2CCN(C3CCCCC3O)CC2)s1. The molecule has 0 amide bonds. The van der Waals surface area contributed by atoms with Crippen molar-refractivity contribution in [2.75, 3.05) is 18.4 Å². The molecule has 2 unspecified atom stereocenters. The molecular formula is C16H28N4OS. The summed E-state index contributed by atoms with van der Waals surface area (Å²) in [6.07, 6.45) is 6.72. The van der Waals surface area contributed by atoms with Crippen LogP contribution in [0.1, 0.15) is 63.3 Å². The highest BCUT2D eigenvalue weighted by atomic mass is 32.1. The van der Waals surface area contributed by atoms with Crippen LogP contribution < -0.4 is 5.32 Å². The molecule has 22 heavy (non-hydrogen) atoms. The van der Waals surface area contributed by atoms with E-state index >= 15 is 0 Å². The van der Waals surface area contributed by atoms with Gasteiger partial charge in [0.2, 0.25) is 5.13 Å². The number of anilines is 1. The number of aliphatic hydroxyl groups excluding tert-OH is 1. The van der Waals surface area contributed by atoms with Crippen molar-refractivity contribution < 1.29 is 5.11 Å². The van der Waals surface area contributed by atoms with Crippen LogP contribution in [0.5, 0.6) is 0 Å². The van der Waals surface area contributed by atoms with Crippen LogP contribution in [0.4, 0.5) is 5.13 Å². The number of aromatic nitrogens is 2. The largest absolute Gasteiger partial charge is 0.391 e. The lowest BCUT2D eigenvalue weighted by atomic mass is 9.89. The highest BCUT2D eigenvalue weighted by Crippen LogP contribution is 2.28. The second-order valence-corrected chi connectivity index (χ2v) is 7.98. The second kappa shape index (κ2) is 7.23. The predicted octanol–water partition coefficient (Wildman–Crippen LogP) is 2.84. The Morgan fingerprint density at radius 3 is 2.50 bits per heavy atom. The molecule has 1 aromatic heterocycles. The van der Waals surface area contributed by atoms with Crippen LogP contribution >= 0.6 is 11.3 Å². The molecule has 5 nitrogen and oxygen atoms in total. The molecule has 2 aliphatic rings. The van der Waals surface area contributed by atoms with E-state index in [1.165, 1.54) is 12.8 Å². The van der Waals surface area contributed by atoms with Crippen LogP contribution in [0.15, 0.2) is 0 Å². The van der Waals surface area contributed by atoms with E-state index in [-0.39, 0.29) is 6.10 Å². The van der Waals surface area contributed by atoms with Gasteiger partial charge in [-0.1, -0.05) is 38.0 Å². The first-order chi connectivity index (χ1) is 10.6. The standard InChI is InChI=1S/C16H28N4OS/c1-11(2)15-18-19-16(22-15)17-12-7-9-20(10-8-12)13-5-3-4-6-14(13)21/h11-14,21H,3-10H2,1-2H3,(H,17,19). The van der Waals surface area contributed by atoms with Crippen LogP contribution in [0.2, 0.25) is 0 Å². The summed E-state index contributed by atoms with van der Waals surface area (Å²) in [6.45, 7) is 6.46. The molecule has 124 valence electrons. The third-order valence-electron chi connectivity index (χ3n) is 4.95. The minimum Gasteiger partial charge on any atom is -0.391 e. The lowest BCUT2D eigenvalue weighted by Gasteiger charge is -2.41. The fraction of sp³-hybridized carbons (Fsp3) is 0.875. The highest BCUT2D eigenvalue weighted by Gasteiger charge is 2.31. The third-order valence-corrected chi connectivity index (χ3v) is 6.11. The van der Waals surface area contributed by atoms with Gasteiger partial charge >= 0.3 is 0 Å². The molecule has 1 saturated heterocycles. The molecule has 0 radical (unpaired) electrons. The fourth-order valence-corrected chi connectivity index (χ4v) is 4.42. The normalized spacial score (nSPS) is 28.2. The van der Waals surface area contributed by atoms with Crippen molar-refractivity contribution in [3.63, 3.8) is 0 Å². The Bertz CT molecular complexity index is 470. The summed E-state index contributed by atoms with van der Waals surface area (Å²) in [5, 5.41) is 24.3. The number of aliphatic hydroxyl groups is 1. The monoisotopic (exact) mass is 324 g/mol. The molecule has 2 fully saturated rings. The maximum atomic E-state index is 10.2. The van der Waals surface area contributed by atoms with Gasteiger partial charge in [0, 0.05) is 31.1 Å². The van der Waals surface area contributed by atoms with E-state index in [1.807, 2.05) is 0 Å². The van der Waals surface area contributed by atoms with Gasteiger partial charge in [0.15, 0.2) is 0 Å². The van der Waals surface area contributed by atoms with Crippen molar-refractivity contribution in [2.24, 2.45) is 0 Å². The maximum absolute atomic E-state index is 10.2. The number of hydrogen-bond acceptors (Lipinski definition) is 6. The summed E-state index contributed by atoms with van der Waals surface area (Å²) in [6, 6.07) is 0.883. The molecule has 0 aromatic carbocycles. The number of hydrogen-bond donors (Lipinski definition) is 2. The zero-order chi connectivity index (χ0) is 15.5. The summed E-state index contributed by atoms with van der Waals surface area (Å²) >= 11 is 1.68. The Kier molecular flexibility index (Phi) is 5.31. The average molecular weight is 324 g/mol. The number of nitrogens with one attached hydrogen (secondary N) is 1. The molecule has 1 saturated carbocycles. The van der Waals surface area contributed by atoms with E-state index < -0.39 is 0 Å². The Hall–Kier alpha value is -0.720. The predicted molar refractivity (Wildman–Crippen MR) is 90.5 cm³/mol. The fourth-order valence-electron chi connectivity index (χ4n) is 3.59. The molecule has 0 spiro atoms. The van der Waals surface area contributed by atoms with Crippen LogP contribution in [0, 0.1) is 0 Å². The number of rotatable bonds is 4. The van der Waals surface area contributed by atoms with Crippen molar-refractivity contribution in [3.05, 3.63) is 5.01 Å². The van der Waals surface area contributed by atoms with E-state index in [0.717, 1.165) is 48.9 Å². The summed E-state index contributed by atoms with van der Waals surface area (Å²) in [5.41, 5.74) is 0. The van der Waals surface area contributed by atoms with Crippen molar-refractivity contribution in [3.8, 4) is 0 Å². The van der Waals surface area contributed by atoms with Crippen molar-refractivity contribution >= 4 is 16.5 Å². The van der Waals surface area contributed by atoms with Gasteiger partial charge < -0.3 is 10.4 Å². The van der Waals surface area contributed by atoms with E-state index in [2.05, 4.69) is 34.3 Å². The summed E-state index contributed by atoms with van der Waals surface area (Å²) in [7, 11) is 0. The summed E-state index contributed by atoms with van der Waals surface area (Å²) < 4.78 is 0. The van der Waals surface area contributed by atoms with Gasteiger partial charge in [-0.05, 0) is 25.7 Å². The number of nitrogens with zero attached hydrogens (tertiary/aromatic N) is 3. The molecule has 2 N–H and O–H groups in total. The molecule has 6 heteroatoms. The molecule has 2 heterocycles. The van der Waals surface area contributed by atoms with Gasteiger partial charge in [0.25, 0.3) is 0 Å². The molecule has 3 rings (SSSR count). The minimum absolute atomic E-state index is 0.116. The smallest absolute Gasteiger partial charge is 0.205 e. The first-order valence-electron chi connectivity index (χ1n) is 8.65. The van der Waals surface area contributed by atoms with Crippen LogP contribution in [0.25, 0.3) is 0 Å². The van der Waals surface area contributed by atoms with Gasteiger partial charge in [0.05, 0.1) is 6.10 Å². The highest BCUT2D eigenvalue weighted by molar-refractivity contribution is 7.15. The zero-order valence-corrected chi connectivity index (χ0v) is 14.5. The second-order valence-electron chi connectivity index (χ2n) is 6.97. The molecule has 1 aromatic rings. The third kappa shape index (κ3) is 3.78. The van der Waals surface area contributed by atoms with Crippen LogP contribution in [0.3, 0.4) is 0 Å². The van der Waals surface area contributed by atoms with Crippen LogP contribution in [-0.2, 0) is 0 Å². The molecular weight excluding hydrogens is 296 g/mol. The van der Waals surface area contributed by atoms with Gasteiger partial charge in [-0.15, -0.1) is 10.2 Å². The van der Waals surface area contributed by atoms with E-state index in [0.29, 0.717) is 18.0 Å². The van der Waals surface area contributed by atoms with E-state index in [4.69, 9.17) is 0 Å². The Morgan fingerprint density at radius 2 is 1.86 bits per heavy atom. The zero-order valence-electron chi connectivity index (χ0n) is 13.7. The van der Waals surface area contributed by atoms with E-state index in [9.17, 15) is 5.11 Å². The summed E-state index contributed by atoms with van der Waals surface area (Å²) in [5.74, 6) is 0.447. The topological polar surface area (TPSA) is 61.3 Å². The average Bonchev–Trinajstić information content (AvgIpc) is 2.98. The molecule has 1 aliphatic carbocycles. The lowest BCUT2D eigenvalue weighted by molar-refractivity contribution is 0.00993. The van der Waals surface area contributed by atoms with Gasteiger partial charge in [0.1, 0.15) is 5.01 Å². The van der Waals surface area contributed by atoms with Crippen LogP contribution in [-0.4, -0.2) is 51.5 Å². The Labute approximate surface area is 137 Å². The molecule has 0 bridgehead atoms. The number of piperidine rings is 1. The summed E-state index contributed by atoms with van der Waals surface area (Å²) in [4.78, 5) is 2.50. The van der Waals surface area contributed by atoms with Gasteiger partial charge in [-0.3, -0.25) is 4.90 Å². The van der Waals surface area contributed by atoms with Gasteiger partial charge in [-0.25, -0.2) is 0 Å². The van der Waals surface area contributed by atoms with Crippen molar-refractivity contribution in [1.29, 1.82) is 0 Å². The van der Waals surface area contributed by atoms with E-state index in [1.54, 1.807) is 11.3 Å². The lowest BCUT2D eigenvalue weighted by Crippen LogP contribution is -2.50. The van der Waals surface area contributed by atoms with Crippen molar-refractivity contribution in [1.82, 2.24) is 15.1 Å². The minimum atomic E-state index is -0.116. The maximum Gasteiger partial charge on any atom is 0.205 e. The molecule has 1 aliphatic heterocycles.